The van der Waals surface area contributed by atoms with Crippen molar-refractivity contribution in [1.82, 2.24) is 0 Å². The Bertz CT molecular complexity index is 103. The van der Waals surface area contributed by atoms with E-state index in [1.165, 1.54) is 0 Å². The van der Waals surface area contributed by atoms with Crippen LogP contribution in [0.25, 0.3) is 0 Å². The summed E-state index contributed by atoms with van der Waals surface area (Å²) in [6, 6.07) is 0. The van der Waals surface area contributed by atoms with Gasteiger partial charge in [-0.3, -0.25) is 0 Å². The Kier molecular flexibility index (Phi) is 2.65. The molecular formula is C7H14O3. The highest BCUT2D eigenvalue weighted by Crippen LogP contribution is 2.17. The highest BCUT2D eigenvalue weighted by atomic mass is 16.5. The lowest BCUT2D eigenvalue weighted by molar-refractivity contribution is 0.0192. The molecule has 0 saturated carbocycles. The summed E-state index contributed by atoms with van der Waals surface area (Å²) in [5, 5.41) is 18.2. The Labute approximate surface area is 60.6 Å². The molecule has 0 aromatic heterocycles. The fourth-order valence-electron chi connectivity index (χ4n) is 1.21. The van der Waals surface area contributed by atoms with E-state index in [2.05, 4.69) is 0 Å². The van der Waals surface area contributed by atoms with Crippen molar-refractivity contribution in [3.63, 3.8) is 0 Å². The normalized spacial score (nSPS) is 40.5. The van der Waals surface area contributed by atoms with E-state index in [-0.39, 0.29) is 12.7 Å². The summed E-state index contributed by atoms with van der Waals surface area (Å²) in [5.41, 5.74) is 0. The lowest BCUT2D eigenvalue weighted by atomic mass is 10.1. The van der Waals surface area contributed by atoms with Crippen LogP contribution >= 0.6 is 0 Å². The molecule has 1 unspecified atom stereocenters. The van der Waals surface area contributed by atoms with Crippen molar-refractivity contribution in [3.8, 4) is 0 Å². The van der Waals surface area contributed by atoms with E-state index < -0.39 is 12.2 Å². The Morgan fingerprint density at radius 1 is 1.50 bits per heavy atom. The van der Waals surface area contributed by atoms with E-state index in [1.54, 1.807) is 0 Å². The van der Waals surface area contributed by atoms with Crippen LogP contribution in [0.15, 0.2) is 0 Å². The number of aliphatic hydroxyl groups excluding tert-OH is 2. The van der Waals surface area contributed by atoms with E-state index in [0.29, 0.717) is 0 Å². The largest absolute Gasteiger partial charge is 0.388 e. The average molecular weight is 146 g/mol. The molecule has 10 heavy (non-hydrogen) atoms. The number of hydrogen-bond acceptors (Lipinski definition) is 3. The van der Waals surface area contributed by atoms with Crippen LogP contribution in [0.5, 0.6) is 0 Å². The second-order valence-electron chi connectivity index (χ2n) is 2.72. The van der Waals surface area contributed by atoms with Gasteiger partial charge in [0, 0.05) is 0 Å². The van der Waals surface area contributed by atoms with Gasteiger partial charge in [0.2, 0.25) is 0 Å². The maximum Gasteiger partial charge on any atom is 0.108 e. The second kappa shape index (κ2) is 3.32. The molecule has 3 atom stereocenters. The van der Waals surface area contributed by atoms with E-state index in [1.807, 2.05) is 6.92 Å². The summed E-state index contributed by atoms with van der Waals surface area (Å²) in [4.78, 5) is 0. The minimum atomic E-state index is -0.670. The molecule has 2 N–H and O–H groups in total. The summed E-state index contributed by atoms with van der Waals surface area (Å²) in [5.74, 6) is 0. The monoisotopic (exact) mass is 146 g/mol. The van der Waals surface area contributed by atoms with Crippen LogP contribution < -0.4 is 0 Å². The predicted molar refractivity (Wildman–Crippen MR) is 36.7 cm³/mol. The standard InChI is InChI=1S/C7H14O3/c1-2-3-6-7(9)5(8)4-10-6/h5-9H,2-4H2,1H3/t5?,6-,7-/m1/s1. The molecule has 1 saturated heterocycles. The molecular weight excluding hydrogens is 132 g/mol. The van der Waals surface area contributed by atoms with Crippen molar-refractivity contribution in [2.75, 3.05) is 6.61 Å². The van der Waals surface area contributed by atoms with E-state index in [4.69, 9.17) is 9.84 Å². The molecule has 1 aliphatic rings. The summed E-state index contributed by atoms with van der Waals surface area (Å²) in [6.45, 7) is 2.31. The van der Waals surface area contributed by atoms with Crippen LogP contribution in [0.4, 0.5) is 0 Å². The van der Waals surface area contributed by atoms with Crippen LogP contribution in [-0.2, 0) is 4.74 Å². The highest BCUT2D eigenvalue weighted by Gasteiger charge is 2.33. The van der Waals surface area contributed by atoms with Gasteiger partial charge in [-0.2, -0.15) is 0 Å². The molecule has 1 aliphatic heterocycles. The minimum Gasteiger partial charge on any atom is -0.388 e. The smallest absolute Gasteiger partial charge is 0.108 e. The first-order valence-corrected chi connectivity index (χ1v) is 3.73. The minimum absolute atomic E-state index is 0.139. The fourth-order valence-corrected chi connectivity index (χ4v) is 1.21. The van der Waals surface area contributed by atoms with Crippen molar-refractivity contribution in [2.45, 2.75) is 38.1 Å². The van der Waals surface area contributed by atoms with Crippen molar-refractivity contribution in [3.05, 3.63) is 0 Å². The molecule has 1 rings (SSSR count). The van der Waals surface area contributed by atoms with Crippen LogP contribution in [0.3, 0.4) is 0 Å². The van der Waals surface area contributed by atoms with Crippen LogP contribution in [0.1, 0.15) is 19.8 Å². The SMILES string of the molecule is CCC[C@H]1OCC(O)[C@H]1O. The van der Waals surface area contributed by atoms with Gasteiger partial charge in [-0.15, -0.1) is 0 Å². The van der Waals surface area contributed by atoms with E-state index >= 15 is 0 Å². The Morgan fingerprint density at radius 3 is 2.60 bits per heavy atom. The van der Waals surface area contributed by atoms with Gasteiger partial charge in [-0.1, -0.05) is 13.3 Å². The van der Waals surface area contributed by atoms with Gasteiger partial charge in [-0.25, -0.2) is 0 Å². The van der Waals surface area contributed by atoms with Gasteiger partial charge in [0.1, 0.15) is 12.2 Å². The number of ether oxygens (including phenoxy) is 1. The van der Waals surface area contributed by atoms with Gasteiger partial charge in [0.15, 0.2) is 0 Å². The Hall–Kier alpha value is -0.120. The van der Waals surface area contributed by atoms with Gasteiger partial charge in [0.25, 0.3) is 0 Å². The highest BCUT2D eigenvalue weighted by molar-refractivity contribution is 4.82. The zero-order valence-corrected chi connectivity index (χ0v) is 6.16. The summed E-state index contributed by atoms with van der Waals surface area (Å²) in [7, 11) is 0. The van der Waals surface area contributed by atoms with Crippen molar-refractivity contribution in [1.29, 1.82) is 0 Å². The Balaban J connectivity index is 2.33. The summed E-state index contributed by atoms with van der Waals surface area (Å²) < 4.78 is 5.12. The number of hydrogen-bond donors (Lipinski definition) is 2. The molecule has 0 amide bonds. The zero-order chi connectivity index (χ0) is 7.56. The van der Waals surface area contributed by atoms with Gasteiger partial charge in [0.05, 0.1) is 12.7 Å². The molecule has 0 spiro atoms. The topological polar surface area (TPSA) is 49.7 Å². The molecule has 1 fully saturated rings. The Morgan fingerprint density at radius 2 is 2.20 bits per heavy atom. The molecule has 0 aliphatic carbocycles. The molecule has 3 heteroatoms. The molecule has 0 radical (unpaired) electrons. The maximum atomic E-state index is 9.21. The maximum absolute atomic E-state index is 9.21. The molecule has 3 nitrogen and oxygen atoms in total. The molecule has 0 aromatic carbocycles. The van der Waals surface area contributed by atoms with Crippen LogP contribution in [-0.4, -0.2) is 35.1 Å². The van der Waals surface area contributed by atoms with E-state index in [9.17, 15) is 5.11 Å². The predicted octanol–water partition coefficient (Wildman–Crippen LogP) is -0.0929. The summed E-state index contributed by atoms with van der Waals surface area (Å²) >= 11 is 0. The van der Waals surface area contributed by atoms with Gasteiger partial charge >= 0.3 is 0 Å². The lowest BCUT2D eigenvalue weighted by Crippen LogP contribution is -2.29. The first kappa shape index (κ1) is 7.98. The quantitative estimate of drug-likeness (QED) is 0.572. The second-order valence-corrected chi connectivity index (χ2v) is 2.72. The molecule has 60 valence electrons. The van der Waals surface area contributed by atoms with E-state index in [0.717, 1.165) is 12.8 Å². The third-order valence-corrected chi connectivity index (χ3v) is 1.83. The van der Waals surface area contributed by atoms with Crippen LogP contribution in [0, 0.1) is 0 Å². The first-order valence-electron chi connectivity index (χ1n) is 3.73. The average Bonchev–Trinajstić information content (AvgIpc) is 2.20. The third kappa shape index (κ3) is 1.48. The number of rotatable bonds is 2. The van der Waals surface area contributed by atoms with Gasteiger partial charge in [-0.05, 0) is 6.42 Å². The third-order valence-electron chi connectivity index (χ3n) is 1.83. The molecule has 0 aromatic rings. The fraction of sp³-hybridized carbons (Fsp3) is 1.00. The summed E-state index contributed by atoms with van der Waals surface area (Å²) in [6.07, 6.45) is 0.337. The lowest BCUT2D eigenvalue weighted by Gasteiger charge is -2.12. The molecule has 0 bridgehead atoms. The molecule has 1 heterocycles. The number of aliphatic hydroxyl groups is 2. The van der Waals surface area contributed by atoms with Gasteiger partial charge < -0.3 is 14.9 Å². The zero-order valence-electron chi connectivity index (χ0n) is 6.16. The van der Waals surface area contributed by atoms with Crippen molar-refractivity contribution < 1.29 is 14.9 Å². The van der Waals surface area contributed by atoms with Crippen molar-refractivity contribution in [2.24, 2.45) is 0 Å². The van der Waals surface area contributed by atoms with Crippen LogP contribution in [0.2, 0.25) is 0 Å². The first-order chi connectivity index (χ1) is 4.75. The van der Waals surface area contributed by atoms with Crippen molar-refractivity contribution >= 4 is 0 Å².